The number of hydrogen-bond acceptors (Lipinski definition) is 6. The normalized spacial score (nSPS) is 18.0. The van der Waals surface area contributed by atoms with E-state index in [9.17, 15) is 14.4 Å². The fourth-order valence-corrected chi connectivity index (χ4v) is 5.09. The van der Waals surface area contributed by atoms with Gasteiger partial charge in [-0.3, -0.25) is 14.4 Å². The van der Waals surface area contributed by atoms with Crippen LogP contribution in [0.25, 0.3) is 0 Å². The molecule has 182 valence electrons. The van der Waals surface area contributed by atoms with Crippen molar-refractivity contribution in [2.45, 2.75) is 38.5 Å². The van der Waals surface area contributed by atoms with Crippen LogP contribution in [-0.2, 0) is 32.2 Å². The second-order valence-corrected chi connectivity index (χ2v) is 9.19. The smallest absolute Gasteiger partial charge is 0.308 e. The number of hydrogen-bond donors (Lipinski definition) is 0. The molecule has 2 heterocycles. The number of rotatable bonds is 9. The predicted octanol–water partition coefficient (Wildman–Crippen LogP) is 4.19. The third kappa shape index (κ3) is 5.54. The van der Waals surface area contributed by atoms with E-state index in [2.05, 4.69) is 0 Å². The maximum Gasteiger partial charge on any atom is 0.308 e. The maximum atomic E-state index is 14.0. The molecule has 4 rings (SSSR count). The SMILES string of the molecule is CCOC(=O)C[C@@H]1C(=O)N(Cc2ccc(OC)cc2)[C@@H](c2cccs2)C(=O)N1Cc1ccccc1. The monoisotopic (exact) mass is 492 g/mol. The van der Waals surface area contributed by atoms with Gasteiger partial charge in [0.1, 0.15) is 17.8 Å². The molecule has 1 aliphatic heterocycles. The molecule has 8 heteroatoms. The van der Waals surface area contributed by atoms with Crippen LogP contribution in [0.5, 0.6) is 5.75 Å². The number of piperazine rings is 1. The number of esters is 1. The number of nitrogens with zero attached hydrogens (tertiary/aromatic N) is 2. The molecule has 7 nitrogen and oxygen atoms in total. The van der Waals surface area contributed by atoms with Crippen LogP contribution >= 0.6 is 11.3 Å². The number of methoxy groups -OCH3 is 1. The molecule has 1 aromatic heterocycles. The fourth-order valence-electron chi connectivity index (χ4n) is 4.26. The minimum atomic E-state index is -0.948. The summed E-state index contributed by atoms with van der Waals surface area (Å²) in [6, 6.07) is 18.9. The van der Waals surface area contributed by atoms with Gasteiger partial charge in [-0.05, 0) is 41.6 Å². The quantitative estimate of drug-likeness (QED) is 0.419. The molecule has 2 aromatic carbocycles. The Kier molecular flexibility index (Phi) is 7.82. The zero-order valence-corrected chi connectivity index (χ0v) is 20.6. The lowest BCUT2D eigenvalue weighted by Gasteiger charge is -2.44. The van der Waals surface area contributed by atoms with E-state index in [1.807, 2.05) is 72.1 Å². The molecule has 35 heavy (non-hydrogen) atoms. The van der Waals surface area contributed by atoms with Gasteiger partial charge in [-0.15, -0.1) is 11.3 Å². The average Bonchev–Trinajstić information content (AvgIpc) is 3.40. The highest BCUT2D eigenvalue weighted by atomic mass is 32.1. The summed E-state index contributed by atoms with van der Waals surface area (Å²) < 4.78 is 10.4. The van der Waals surface area contributed by atoms with Crippen molar-refractivity contribution in [1.82, 2.24) is 9.80 Å². The molecule has 1 saturated heterocycles. The van der Waals surface area contributed by atoms with E-state index in [4.69, 9.17) is 9.47 Å². The van der Waals surface area contributed by atoms with Crippen LogP contribution in [0.4, 0.5) is 0 Å². The van der Waals surface area contributed by atoms with Gasteiger partial charge in [-0.25, -0.2) is 0 Å². The van der Waals surface area contributed by atoms with Gasteiger partial charge < -0.3 is 19.3 Å². The van der Waals surface area contributed by atoms with Gasteiger partial charge in [0.15, 0.2) is 0 Å². The van der Waals surface area contributed by atoms with E-state index < -0.39 is 18.1 Å². The van der Waals surface area contributed by atoms with Crippen LogP contribution in [-0.4, -0.2) is 47.3 Å². The number of thiophene rings is 1. The van der Waals surface area contributed by atoms with Crippen molar-refractivity contribution in [3.05, 3.63) is 88.1 Å². The molecule has 0 spiro atoms. The number of amides is 2. The van der Waals surface area contributed by atoms with Crippen LogP contribution in [0.2, 0.25) is 0 Å². The highest BCUT2D eigenvalue weighted by Gasteiger charge is 2.47. The Bertz CT molecular complexity index is 1150. The first-order valence-electron chi connectivity index (χ1n) is 11.5. The van der Waals surface area contributed by atoms with Gasteiger partial charge in [-0.1, -0.05) is 48.5 Å². The van der Waals surface area contributed by atoms with Crippen molar-refractivity contribution in [3.8, 4) is 5.75 Å². The zero-order chi connectivity index (χ0) is 24.8. The molecular formula is C27H28N2O5S. The molecule has 0 saturated carbocycles. The van der Waals surface area contributed by atoms with Gasteiger partial charge in [0, 0.05) is 18.0 Å². The highest BCUT2D eigenvalue weighted by Crippen LogP contribution is 2.36. The molecule has 3 aromatic rings. The van der Waals surface area contributed by atoms with Crippen molar-refractivity contribution < 1.29 is 23.9 Å². The minimum absolute atomic E-state index is 0.193. The van der Waals surface area contributed by atoms with Crippen molar-refractivity contribution in [2.75, 3.05) is 13.7 Å². The van der Waals surface area contributed by atoms with E-state index >= 15 is 0 Å². The number of carbonyl (C=O) groups excluding carboxylic acids is 3. The second kappa shape index (κ2) is 11.2. The van der Waals surface area contributed by atoms with Crippen molar-refractivity contribution >= 4 is 29.1 Å². The third-order valence-corrected chi connectivity index (χ3v) is 6.88. The molecule has 0 aliphatic carbocycles. The first-order valence-corrected chi connectivity index (χ1v) is 12.4. The zero-order valence-electron chi connectivity index (χ0n) is 19.8. The van der Waals surface area contributed by atoms with Crippen molar-refractivity contribution in [3.63, 3.8) is 0 Å². The predicted molar refractivity (Wildman–Crippen MR) is 133 cm³/mol. The lowest BCUT2D eigenvalue weighted by Crippen LogP contribution is -2.60. The minimum Gasteiger partial charge on any atom is -0.497 e. The number of ether oxygens (including phenoxy) is 2. The standard InChI is InChI=1S/C27H28N2O5S/c1-3-34-24(30)16-22-26(31)29(18-20-11-13-21(33-2)14-12-20)25(23-10-7-15-35-23)27(32)28(22)17-19-8-5-4-6-9-19/h4-15,22,25H,3,16-18H2,1-2H3/t22-,25+/m1/s1. The Morgan fingerprint density at radius 2 is 1.57 bits per heavy atom. The van der Waals surface area contributed by atoms with E-state index in [1.165, 1.54) is 16.2 Å². The van der Waals surface area contributed by atoms with Crippen LogP contribution in [0.3, 0.4) is 0 Å². The summed E-state index contributed by atoms with van der Waals surface area (Å²) in [7, 11) is 1.59. The van der Waals surface area contributed by atoms with Crippen LogP contribution in [0.15, 0.2) is 72.1 Å². The second-order valence-electron chi connectivity index (χ2n) is 8.21. The van der Waals surface area contributed by atoms with E-state index in [0.29, 0.717) is 5.75 Å². The van der Waals surface area contributed by atoms with Crippen molar-refractivity contribution in [1.29, 1.82) is 0 Å². The van der Waals surface area contributed by atoms with Gasteiger partial charge in [0.2, 0.25) is 5.91 Å². The van der Waals surface area contributed by atoms with E-state index in [0.717, 1.165) is 16.0 Å². The Morgan fingerprint density at radius 1 is 0.886 bits per heavy atom. The summed E-state index contributed by atoms with van der Waals surface area (Å²) in [5.41, 5.74) is 1.75. The Morgan fingerprint density at radius 3 is 2.20 bits per heavy atom. The summed E-state index contributed by atoms with van der Waals surface area (Å²) in [5, 5.41) is 1.89. The summed E-state index contributed by atoms with van der Waals surface area (Å²) in [5.74, 6) is -0.281. The molecule has 1 aliphatic rings. The Hall–Kier alpha value is -3.65. The first-order chi connectivity index (χ1) is 17.0. The third-order valence-electron chi connectivity index (χ3n) is 5.96. The largest absolute Gasteiger partial charge is 0.497 e. The molecular weight excluding hydrogens is 464 g/mol. The van der Waals surface area contributed by atoms with Crippen LogP contribution in [0, 0.1) is 0 Å². The van der Waals surface area contributed by atoms with E-state index in [-0.39, 0.29) is 37.9 Å². The Balaban J connectivity index is 1.72. The maximum absolute atomic E-state index is 14.0. The van der Waals surface area contributed by atoms with Gasteiger partial charge in [-0.2, -0.15) is 0 Å². The molecule has 0 unspecified atom stereocenters. The summed E-state index contributed by atoms with van der Waals surface area (Å²) >= 11 is 1.43. The molecule has 0 bridgehead atoms. The lowest BCUT2D eigenvalue weighted by molar-refractivity contribution is -0.166. The van der Waals surface area contributed by atoms with Gasteiger partial charge in [0.25, 0.3) is 5.91 Å². The lowest BCUT2D eigenvalue weighted by atomic mass is 9.98. The molecule has 1 fully saturated rings. The summed E-state index contributed by atoms with van der Waals surface area (Å²) in [4.78, 5) is 44.3. The Labute approximate surface area is 208 Å². The molecule has 2 atom stereocenters. The summed E-state index contributed by atoms with van der Waals surface area (Å²) in [6.45, 7) is 2.39. The van der Waals surface area contributed by atoms with E-state index in [1.54, 1.807) is 18.9 Å². The topological polar surface area (TPSA) is 76.1 Å². The van der Waals surface area contributed by atoms with Crippen LogP contribution < -0.4 is 4.74 Å². The molecule has 0 N–H and O–H groups in total. The van der Waals surface area contributed by atoms with Crippen molar-refractivity contribution in [2.24, 2.45) is 0 Å². The number of carbonyl (C=O) groups is 3. The van der Waals surface area contributed by atoms with Gasteiger partial charge in [0.05, 0.1) is 20.1 Å². The van der Waals surface area contributed by atoms with Crippen LogP contribution in [0.1, 0.15) is 35.4 Å². The van der Waals surface area contributed by atoms with Gasteiger partial charge >= 0.3 is 5.97 Å². The number of benzene rings is 2. The molecule has 2 amide bonds. The highest BCUT2D eigenvalue weighted by molar-refractivity contribution is 7.10. The molecule has 0 radical (unpaired) electrons. The average molecular weight is 493 g/mol. The fraction of sp³-hybridized carbons (Fsp3) is 0.296. The summed E-state index contributed by atoms with van der Waals surface area (Å²) in [6.07, 6.45) is -0.193. The first kappa shape index (κ1) is 24.5.